The van der Waals surface area contributed by atoms with Crippen LogP contribution < -0.4 is 4.90 Å². The number of benzene rings is 2. The molecule has 2 aliphatic heterocycles. The quantitative estimate of drug-likeness (QED) is 0.502. The fraction of sp³-hybridized carbons (Fsp3) is 0.304. The number of anilines is 1. The van der Waals surface area contributed by atoms with Gasteiger partial charge in [0.2, 0.25) is 11.7 Å². The van der Waals surface area contributed by atoms with Crippen LogP contribution in [0.3, 0.4) is 0 Å². The van der Waals surface area contributed by atoms with Crippen LogP contribution in [0.1, 0.15) is 21.8 Å². The van der Waals surface area contributed by atoms with Gasteiger partial charge in [-0.15, -0.1) is 0 Å². The first-order valence-electron chi connectivity index (χ1n) is 10.5. The summed E-state index contributed by atoms with van der Waals surface area (Å²) in [6.45, 7) is 6.19. The first-order valence-corrected chi connectivity index (χ1v) is 11.3. The number of carbonyl (C=O) groups is 2. The summed E-state index contributed by atoms with van der Waals surface area (Å²) in [5.41, 5.74) is 3.21. The normalized spacial score (nSPS) is 17.2. The molecule has 164 valence electrons. The van der Waals surface area contributed by atoms with Gasteiger partial charge < -0.3 is 4.52 Å². The van der Waals surface area contributed by atoms with Crippen molar-refractivity contribution in [2.24, 2.45) is 0 Å². The number of ketones is 1. The molecule has 0 N–H and O–H groups in total. The maximum absolute atomic E-state index is 12.5. The van der Waals surface area contributed by atoms with Gasteiger partial charge in [-0.25, -0.2) is 0 Å². The summed E-state index contributed by atoms with van der Waals surface area (Å²) in [6, 6.07) is 13.4. The maximum Gasteiger partial charge on any atom is 0.300 e. The Balaban J connectivity index is 1.19. The second-order valence-corrected chi connectivity index (χ2v) is 8.91. The molecule has 1 amide bonds. The van der Waals surface area contributed by atoms with E-state index in [9.17, 15) is 9.59 Å². The standard InChI is InChI=1S/C23H22BrN5O3/c1-15-5-2-3-6-16(15)22-25-19(32-26-22)13-27-9-11-28(12-10-27)14-29-18-8-4-7-17(24)20(18)21(30)23(29)31/h2-8H,9-14H2,1H3. The lowest BCUT2D eigenvalue weighted by Crippen LogP contribution is -2.50. The van der Waals surface area contributed by atoms with E-state index in [0.29, 0.717) is 40.7 Å². The summed E-state index contributed by atoms with van der Waals surface area (Å²) in [7, 11) is 0. The number of amides is 1. The Morgan fingerprint density at radius 1 is 1.00 bits per heavy atom. The molecule has 3 aromatic rings. The molecule has 3 heterocycles. The van der Waals surface area contributed by atoms with Crippen molar-refractivity contribution >= 4 is 33.3 Å². The Morgan fingerprint density at radius 3 is 2.53 bits per heavy atom. The van der Waals surface area contributed by atoms with Crippen molar-refractivity contribution in [1.29, 1.82) is 0 Å². The molecule has 2 aliphatic rings. The summed E-state index contributed by atoms with van der Waals surface area (Å²) in [6.07, 6.45) is 0. The fourth-order valence-corrected chi connectivity index (χ4v) is 4.71. The molecule has 1 fully saturated rings. The number of hydrogen-bond acceptors (Lipinski definition) is 7. The predicted octanol–water partition coefficient (Wildman–Crippen LogP) is 3.11. The molecule has 1 saturated heterocycles. The fourth-order valence-electron chi connectivity index (χ4n) is 4.17. The molecule has 8 nitrogen and oxygen atoms in total. The second-order valence-electron chi connectivity index (χ2n) is 8.06. The van der Waals surface area contributed by atoms with E-state index in [0.717, 1.165) is 37.3 Å². The maximum atomic E-state index is 12.5. The first kappa shape index (κ1) is 21.0. The number of rotatable bonds is 5. The summed E-state index contributed by atoms with van der Waals surface area (Å²) in [5.74, 6) is 0.283. The minimum atomic E-state index is -0.469. The summed E-state index contributed by atoms with van der Waals surface area (Å²) >= 11 is 3.39. The number of halogens is 1. The van der Waals surface area contributed by atoms with Crippen molar-refractivity contribution in [3.05, 3.63) is 64.0 Å². The van der Waals surface area contributed by atoms with E-state index < -0.39 is 11.7 Å². The number of fused-ring (bicyclic) bond motifs is 1. The van der Waals surface area contributed by atoms with Crippen molar-refractivity contribution in [1.82, 2.24) is 19.9 Å². The molecule has 0 radical (unpaired) electrons. The van der Waals surface area contributed by atoms with Crippen LogP contribution in [0.4, 0.5) is 5.69 Å². The summed E-state index contributed by atoms with van der Waals surface area (Å²) in [5, 5.41) is 4.14. The van der Waals surface area contributed by atoms with E-state index in [2.05, 4.69) is 35.9 Å². The molecular formula is C23H22BrN5O3. The highest BCUT2D eigenvalue weighted by atomic mass is 79.9. The number of piperazine rings is 1. The Labute approximate surface area is 193 Å². The van der Waals surface area contributed by atoms with Crippen LogP contribution in [0.25, 0.3) is 11.4 Å². The molecule has 0 aliphatic carbocycles. The number of aryl methyl sites for hydroxylation is 1. The summed E-state index contributed by atoms with van der Waals surface area (Å²) < 4.78 is 6.13. The van der Waals surface area contributed by atoms with E-state index in [1.807, 2.05) is 43.3 Å². The van der Waals surface area contributed by atoms with Crippen LogP contribution in [0.15, 0.2) is 51.5 Å². The van der Waals surface area contributed by atoms with Crippen LogP contribution in [0.2, 0.25) is 0 Å². The van der Waals surface area contributed by atoms with E-state index in [1.165, 1.54) is 0 Å². The zero-order valence-corrected chi connectivity index (χ0v) is 19.2. The molecule has 0 saturated carbocycles. The van der Waals surface area contributed by atoms with Crippen LogP contribution in [0, 0.1) is 6.92 Å². The third kappa shape index (κ3) is 3.87. The Morgan fingerprint density at radius 2 is 1.75 bits per heavy atom. The summed E-state index contributed by atoms with van der Waals surface area (Å²) in [4.78, 5) is 35.5. The smallest absolute Gasteiger partial charge is 0.300 e. The van der Waals surface area contributed by atoms with Gasteiger partial charge in [0, 0.05) is 36.2 Å². The zero-order chi connectivity index (χ0) is 22.2. The van der Waals surface area contributed by atoms with Crippen molar-refractivity contribution in [2.75, 3.05) is 37.7 Å². The molecule has 5 rings (SSSR count). The van der Waals surface area contributed by atoms with Gasteiger partial charge in [-0.2, -0.15) is 4.98 Å². The van der Waals surface area contributed by atoms with Gasteiger partial charge in [0.25, 0.3) is 5.78 Å². The van der Waals surface area contributed by atoms with Crippen LogP contribution in [0.5, 0.6) is 0 Å². The number of carbonyl (C=O) groups excluding carboxylic acids is 2. The van der Waals surface area contributed by atoms with Crippen LogP contribution >= 0.6 is 15.9 Å². The van der Waals surface area contributed by atoms with E-state index in [-0.39, 0.29) is 0 Å². The zero-order valence-electron chi connectivity index (χ0n) is 17.6. The Kier molecular flexibility index (Phi) is 5.62. The van der Waals surface area contributed by atoms with Gasteiger partial charge in [-0.05, 0) is 40.5 Å². The first-order chi connectivity index (χ1) is 15.5. The molecule has 0 bridgehead atoms. The van der Waals surface area contributed by atoms with Crippen molar-refractivity contribution in [2.45, 2.75) is 13.5 Å². The lowest BCUT2D eigenvalue weighted by Gasteiger charge is -2.35. The molecule has 0 atom stereocenters. The molecule has 0 unspecified atom stereocenters. The topological polar surface area (TPSA) is 82.8 Å². The van der Waals surface area contributed by atoms with Gasteiger partial charge in [-0.1, -0.05) is 35.5 Å². The average molecular weight is 496 g/mol. The third-order valence-corrected chi connectivity index (χ3v) is 6.63. The average Bonchev–Trinajstić information content (AvgIpc) is 3.34. The number of Topliss-reactive ketones (excluding diaryl/α,β-unsaturated/α-hetero) is 1. The van der Waals surface area contributed by atoms with E-state index in [1.54, 1.807) is 11.0 Å². The lowest BCUT2D eigenvalue weighted by atomic mass is 10.1. The van der Waals surface area contributed by atoms with Gasteiger partial charge in [0.1, 0.15) is 0 Å². The highest BCUT2D eigenvalue weighted by Gasteiger charge is 2.38. The van der Waals surface area contributed by atoms with Crippen LogP contribution in [-0.4, -0.2) is 64.5 Å². The van der Waals surface area contributed by atoms with Gasteiger partial charge in [0.15, 0.2) is 0 Å². The monoisotopic (exact) mass is 495 g/mol. The lowest BCUT2D eigenvalue weighted by molar-refractivity contribution is -0.114. The largest absolute Gasteiger partial charge is 0.338 e. The van der Waals surface area contributed by atoms with Gasteiger partial charge in [0.05, 0.1) is 24.5 Å². The van der Waals surface area contributed by atoms with Crippen molar-refractivity contribution in [3.8, 4) is 11.4 Å². The van der Waals surface area contributed by atoms with Crippen LogP contribution in [-0.2, 0) is 11.3 Å². The highest BCUT2D eigenvalue weighted by molar-refractivity contribution is 9.10. The number of aromatic nitrogens is 2. The van der Waals surface area contributed by atoms with Crippen molar-refractivity contribution in [3.63, 3.8) is 0 Å². The SMILES string of the molecule is Cc1ccccc1-c1noc(CN2CCN(CN3C(=O)C(=O)c4c(Br)cccc43)CC2)n1. The molecule has 32 heavy (non-hydrogen) atoms. The minimum Gasteiger partial charge on any atom is -0.338 e. The van der Waals surface area contributed by atoms with Crippen molar-refractivity contribution < 1.29 is 14.1 Å². The van der Waals surface area contributed by atoms with Gasteiger partial charge >= 0.3 is 5.91 Å². The molecule has 0 spiro atoms. The van der Waals surface area contributed by atoms with E-state index in [4.69, 9.17) is 4.52 Å². The predicted molar refractivity (Wildman–Crippen MR) is 122 cm³/mol. The second kappa shape index (κ2) is 8.57. The Bertz CT molecular complexity index is 1190. The number of hydrogen-bond donors (Lipinski definition) is 0. The molecule has 1 aromatic heterocycles. The minimum absolute atomic E-state index is 0.403. The third-order valence-electron chi connectivity index (χ3n) is 5.97. The van der Waals surface area contributed by atoms with E-state index >= 15 is 0 Å². The molecular weight excluding hydrogens is 474 g/mol. The molecule has 9 heteroatoms. The molecule has 2 aromatic carbocycles. The Hall–Kier alpha value is -2.88. The highest BCUT2D eigenvalue weighted by Crippen LogP contribution is 2.34. The number of nitrogens with zero attached hydrogens (tertiary/aromatic N) is 5. The van der Waals surface area contributed by atoms with Gasteiger partial charge in [-0.3, -0.25) is 24.3 Å².